The monoisotopic (exact) mass is 645 g/mol. The van der Waals surface area contributed by atoms with Crippen molar-refractivity contribution < 1.29 is 60.5 Å². The van der Waals surface area contributed by atoms with Gasteiger partial charge in [0.15, 0.2) is 11.8 Å². The number of fused-ring (bicyclic) bond motifs is 1. The first kappa shape index (κ1) is 33.8. The molecule has 0 spiro atoms. The third kappa shape index (κ3) is 7.62. The van der Waals surface area contributed by atoms with Crippen LogP contribution in [0.2, 0.25) is 0 Å². The fraction of sp³-hybridized carbons (Fsp3) is 0.520. The molecule has 3 atom stereocenters. The summed E-state index contributed by atoms with van der Waals surface area (Å²) in [5.41, 5.74) is -2.20. The van der Waals surface area contributed by atoms with Gasteiger partial charge in [-0.1, -0.05) is 23.4 Å². The second-order valence-electron chi connectivity index (χ2n) is 9.09. The Balaban J connectivity index is 1.88. The van der Waals surface area contributed by atoms with E-state index >= 15 is 0 Å². The Bertz CT molecular complexity index is 1360. The molecule has 2 amide bonds. The average molecular weight is 646 g/mol. The number of hydrogen-bond acceptors (Lipinski definition) is 15. The Hall–Kier alpha value is -3.74. The highest BCUT2D eigenvalue weighted by Gasteiger charge is 2.61. The second kappa shape index (κ2) is 14.6. The number of carbonyl (C=O) groups excluding carboxylic acids is 5. The van der Waals surface area contributed by atoms with Crippen LogP contribution in [-0.4, -0.2) is 111 Å². The second-order valence-corrected chi connectivity index (χ2v) is 11.7. The molecule has 236 valence electrons. The predicted molar refractivity (Wildman–Crippen MR) is 146 cm³/mol. The molecule has 1 aromatic rings. The first-order chi connectivity index (χ1) is 20.4. The summed E-state index contributed by atoms with van der Waals surface area (Å²) in [6.07, 6.45) is -1.04. The minimum Gasteiger partial charge on any atom is -0.435 e. The Morgan fingerprint density at radius 2 is 1.79 bits per heavy atom. The number of carbonyl (C=O) groups is 5. The van der Waals surface area contributed by atoms with Gasteiger partial charge in [0.25, 0.3) is 5.91 Å². The van der Waals surface area contributed by atoms with Gasteiger partial charge in [-0.05, 0) is 26.0 Å². The van der Waals surface area contributed by atoms with Crippen LogP contribution in [0, 0.1) is 5.41 Å². The molecule has 0 saturated carbocycles. The van der Waals surface area contributed by atoms with E-state index in [0.717, 1.165) is 18.7 Å². The number of amides is 2. The smallest absolute Gasteiger partial charge is 0.435 e. The molecule has 3 rings (SSSR count). The normalized spacial score (nSPS) is 21.6. The molecule has 0 N–H and O–H groups in total. The minimum atomic E-state index is -4.66. The highest BCUT2D eigenvalue weighted by molar-refractivity contribution is 8.00. The van der Waals surface area contributed by atoms with Crippen LogP contribution in [-0.2, 0) is 57.4 Å². The standard InChI is InChI=1S/C25H31N3O13S2/c1-5-37-24(33)39-15-38-23(32)25(13-36-4)12-27-21(31)19(22(27)42-14-25)28(20(30)18(16(3)29)26-40-6-2)41-43(34,35)17-10-8-7-9-11-17/h7-11,19,22H,5-6,12-15H2,1-4H3/t19?,22-,25?/m1/s1. The Labute approximate surface area is 251 Å². The quantitative estimate of drug-likeness (QED) is 0.0685. The summed E-state index contributed by atoms with van der Waals surface area (Å²) in [7, 11) is -3.32. The van der Waals surface area contributed by atoms with Crippen LogP contribution in [0.15, 0.2) is 40.4 Å². The Morgan fingerprint density at radius 1 is 1.09 bits per heavy atom. The zero-order chi connectivity index (χ0) is 31.8. The number of ketones is 1. The molecule has 2 aliphatic rings. The van der Waals surface area contributed by atoms with E-state index in [9.17, 15) is 32.4 Å². The van der Waals surface area contributed by atoms with Gasteiger partial charge in [-0.25, -0.2) is 4.79 Å². The molecule has 2 unspecified atom stereocenters. The van der Waals surface area contributed by atoms with Crippen LogP contribution in [0.1, 0.15) is 20.8 Å². The van der Waals surface area contributed by atoms with Crippen molar-refractivity contribution in [1.29, 1.82) is 0 Å². The number of nitrogens with zero attached hydrogens (tertiary/aromatic N) is 3. The average Bonchev–Trinajstić information content (AvgIpc) is 2.97. The minimum absolute atomic E-state index is 0.00957. The molecule has 2 aliphatic heterocycles. The summed E-state index contributed by atoms with van der Waals surface area (Å²) >= 11 is 1.02. The van der Waals surface area contributed by atoms with Crippen LogP contribution < -0.4 is 0 Å². The summed E-state index contributed by atoms with van der Waals surface area (Å²) in [6, 6.07) is 5.35. The summed E-state index contributed by atoms with van der Waals surface area (Å²) in [5, 5.41) is 2.91. The van der Waals surface area contributed by atoms with Crippen molar-refractivity contribution in [3.63, 3.8) is 0 Å². The number of hydroxylamine groups is 2. The van der Waals surface area contributed by atoms with Gasteiger partial charge in [-0.3, -0.25) is 19.2 Å². The SMILES string of the molecule is CCON=C(C(C)=O)C(=O)N(OS(=O)(=O)c1ccccc1)C1C(=O)N2CC(COC)(C(=O)OCOC(=O)OCC)CS[C@H]12. The number of benzene rings is 1. The topological polar surface area (TPSA) is 194 Å². The fourth-order valence-electron chi connectivity index (χ4n) is 4.11. The number of esters is 1. The number of thioether (sulfide) groups is 1. The van der Waals surface area contributed by atoms with E-state index in [1.54, 1.807) is 19.9 Å². The van der Waals surface area contributed by atoms with E-state index < -0.39 is 69.2 Å². The fourth-order valence-corrected chi connectivity index (χ4v) is 6.61. The molecule has 2 saturated heterocycles. The molecule has 0 bridgehead atoms. The van der Waals surface area contributed by atoms with E-state index in [-0.39, 0.29) is 37.0 Å². The lowest BCUT2D eigenvalue weighted by molar-refractivity contribution is -0.191. The van der Waals surface area contributed by atoms with Gasteiger partial charge in [0, 0.05) is 26.3 Å². The van der Waals surface area contributed by atoms with Crippen LogP contribution >= 0.6 is 11.8 Å². The Kier molecular flexibility index (Phi) is 11.5. The Morgan fingerprint density at radius 3 is 2.40 bits per heavy atom. The molecule has 1 aromatic carbocycles. The van der Waals surface area contributed by atoms with Crippen LogP contribution in [0.4, 0.5) is 4.79 Å². The van der Waals surface area contributed by atoms with Gasteiger partial charge >= 0.3 is 28.1 Å². The zero-order valence-electron chi connectivity index (χ0n) is 23.7. The maximum atomic E-state index is 13.5. The highest BCUT2D eigenvalue weighted by Crippen LogP contribution is 2.45. The summed E-state index contributed by atoms with van der Waals surface area (Å²) in [5.74, 6) is -3.81. The van der Waals surface area contributed by atoms with Gasteiger partial charge in [0.1, 0.15) is 17.4 Å². The van der Waals surface area contributed by atoms with Gasteiger partial charge < -0.3 is 28.7 Å². The summed E-state index contributed by atoms with van der Waals surface area (Å²) in [6.45, 7) is 3.00. The summed E-state index contributed by atoms with van der Waals surface area (Å²) in [4.78, 5) is 69.4. The van der Waals surface area contributed by atoms with Crippen LogP contribution in [0.3, 0.4) is 0 Å². The molecular formula is C25H31N3O13S2. The molecule has 0 aromatic heterocycles. The number of Topliss-reactive ketones (excluding diaryl/α,β-unsaturated/α-hetero) is 1. The summed E-state index contributed by atoms with van der Waals surface area (Å²) < 4.78 is 51.0. The van der Waals surface area contributed by atoms with Crippen LogP contribution in [0.5, 0.6) is 0 Å². The van der Waals surface area contributed by atoms with E-state index in [0.29, 0.717) is 5.06 Å². The van der Waals surface area contributed by atoms with Crippen molar-refractivity contribution in [2.75, 3.05) is 46.0 Å². The molecular weight excluding hydrogens is 614 g/mol. The van der Waals surface area contributed by atoms with E-state index in [4.69, 9.17) is 18.6 Å². The van der Waals surface area contributed by atoms with Gasteiger partial charge in [-0.2, -0.15) is 13.5 Å². The number of β-lactam (4-membered cyclic amide) rings is 1. The van der Waals surface area contributed by atoms with E-state index in [1.807, 2.05) is 0 Å². The predicted octanol–water partition coefficient (Wildman–Crippen LogP) is 0.707. The lowest BCUT2D eigenvalue weighted by atomic mass is 9.88. The van der Waals surface area contributed by atoms with Crippen molar-refractivity contribution >= 4 is 57.3 Å². The molecule has 43 heavy (non-hydrogen) atoms. The largest absolute Gasteiger partial charge is 0.511 e. The van der Waals surface area contributed by atoms with Gasteiger partial charge in [0.05, 0.1) is 18.1 Å². The molecule has 0 aliphatic carbocycles. The maximum absolute atomic E-state index is 13.5. The highest BCUT2D eigenvalue weighted by atomic mass is 32.2. The van der Waals surface area contributed by atoms with Crippen molar-refractivity contribution in [3.8, 4) is 0 Å². The molecule has 2 heterocycles. The number of methoxy groups -OCH3 is 1. The molecule has 2 fully saturated rings. The van der Waals surface area contributed by atoms with Gasteiger partial charge in [0.2, 0.25) is 12.5 Å². The third-order valence-corrected chi connectivity index (χ3v) is 8.86. The van der Waals surface area contributed by atoms with E-state index in [2.05, 4.69) is 14.6 Å². The van der Waals surface area contributed by atoms with Gasteiger partial charge in [-0.15, -0.1) is 16.0 Å². The molecule has 16 nitrogen and oxygen atoms in total. The lowest BCUT2D eigenvalue weighted by Gasteiger charge is -2.55. The first-order valence-corrected chi connectivity index (χ1v) is 15.3. The number of oxime groups is 1. The number of rotatable bonds is 14. The maximum Gasteiger partial charge on any atom is 0.511 e. The lowest BCUT2D eigenvalue weighted by Crippen LogP contribution is -2.75. The molecule has 0 radical (unpaired) electrons. The van der Waals surface area contributed by atoms with Crippen LogP contribution in [0.25, 0.3) is 0 Å². The third-order valence-electron chi connectivity index (χ3n) is 6.08. The number of hydrogen-bond donors (Lipinski definition) is 0. The first-order valence-electron chi connectivity index (χ1n) is 12.8. The van der Waals surface area contributed by atoms with Crippen molar-refractivity contribution in [2.45, 2.75) is 37.1 Å². The van der Waals surface area contributed by atoms with Crippen molar-refractivity contribution in [1.82, 2.24) is 9.96 Å². The molecule has 18 heteroatoms. The van der Waals surface area contributed by atoms with Crippen molar-refractivity contribution in [3.05, 3.63) is 30.3 Å². The number of ether oxygens (including phenoxy) is 4. The zero-order valence-corrected chi connectivity index (χ0v) is 25.4. The van der Waals surface area contributed by atoms with E-state index in [1.165, 1.54) is 36.3 Å². The van der Waals surface area contributed by atoms with Crippen molar-refractivity contribution in [2.24, 2.45) is 10.6 Å².